The number of nitrogens with one attached hydrogen (secondary N) is 1. The number of carbonyl (C=O) groups is 1. The normalized spacial score (nSPS) is 25.8. The van der Waals surface area contributed by atoms with Crippen molar-refractivity contribution in [1.29, 1.82) is 0 Å². The van der Waals surface area contributed by atoms with Crippen LogP contribution in [0.4, 0.5) is 0 Å². The number of rotatable bonds is 7. The largest absolute Gasteiger partial charge is 0.465 e. The Balaban J connectivity index is 2.21. The van der Waals surface area contributed by atoms with Gasteiger partial charge in [-0.3, -0.25) is 4.79 Å². The highest BCUT2D eigenvalue weighted by molar-refractivity contribution is 7.99. The predicted octanol–water partition coefficient (Wildman–Crippen LogP) is 1.44. The molecule has 1 heterocycles. The number of likely N-dealkylation sites (N-methyl/N-ethyl adjacent to an activating group) is 1. The number of thioether (sulfide) groups is 1. The van der Waals surface area contributed by atoms with Gasteiger partial charge in [0, 0.05) is 11.9 Å². The van der Waals surface area contributed by atoms with Crippen LogP contribution in [0.1, 0.15) is 26.7 Å². The van der Waals surface area contributed by atoms with E-state index in [0.717, 1.165) is 25.2 Å². The lowest BCUT2D eigenvalue weighted by Crippen LogP contribution is -2.36. The summed E-state index contributed by atoms with van der Waals surface area (Å²) in [4.78, 5) is 11.5. The molecule has 0 amide bonds. The van der Waals surface area contributed by atoms with Crippen LogP contribution >= 0.6 is 11.8 Å². The van der Waals surface area contributed by atoms with E-state index in [1.165, 1.54) is 0 Å². The monoisotopic (exact) mass is 261 g/mol. The molecule has 0 saturated carbocycles. The van der Waals surface area contributed by atoms with Crippen LogP contribution in [0.25, 0.3) is 0 Å². The Morgan fingerprint density at radius 3 is 2.94 bits per heavy atom. The third kappa shape index (κ3) is 4.85. The van der Waals surface area contributed by atoms with Gasteiger partial charge in [-0.05, 0) is 39.5 Å². The molecule has 1 aliphatic heterocycles. The maximum absolute atomic E-state index is 11.5. The summed E-state index contributed by atoms with van der Waals surface area (Å²) in [6, 6.07) is -0.180. The zero-order chi connectivity index (χ0) is 12.7. The second-order valence-corrected chi connectivity index (χ2v) is 5.50. The number of carbonyl (C=O) groups excluding carboxylic acids is 1. The van der Waals surface area contributed by atoms with E-state index in [-0.39, 0.29) is 12.0 Å². The fourth-order valence-corrected chi connectivity index (χ4v) is 3.18. The standard InChI is InChI=1S/C12H23NO3S/c1-4-15-12(14)10(13-3)6-8-17-11-5-7-16-9(11)2/h9-11,13H,4-8H2,1-3H3. The van der Waals surface area contributed by atoms with Crippen molar-refractivity contribution in [2.75, 3.05) is 26.0 Å². The van der Waals surface area contributed by atoms with Crippen molar-refractivity contribution in [1.82, 2.24) is 5.32 Å². The predicted molar refractivity (Wildman–Crippen MR) is 70.4 cm³/mol. The summed E-state index contributed by atoms with van der Waals surface area (Å²) in [5.74, 6) is 0.814. The van der Waals surface area contributed by atoms with E-state index in [1.807, 2.05) is 18.7 Å². The van der Waals surface area contributed by atoms with E-state index < -0.39 is 0 Å². The van der Waals surface area contributed by atoms with Crippen molar-refractivity contribution in [3.05, 3.63) is 0 Å². The van der Waals surface area contributed by atoms with Gasteiger partial charge in [-0.15, -0.1) is 0 Å². The minimum absolute atomic E-state index is 0.147. The first-order chi connectivity index (χ1) is 8.19. The first-order valence-electron chi connectivity index (χ1n) is 6.26. The topological polar surface area (TPSA) is 47.6 Å². The van der Waals surface area contributed by atoms with Gasteiger partial charge in [-0.25, -0.2) is 0 Å². The average Bonchev–Trinajstić information content (AvgIpc) is 2.71. The highest BCUT2D eigenvalue weighted by atomic mass is 32.2. The molecule has 0 aromatic rings. The lowest BCUT2D eigenvalue weighted by atomic mass is 10.2. The van der Waals surface area contributed by atoms with Crippen molar-refractivity contribution in [2.24, 2.45) is 0 Å². The van der Waals surface area contributed by atoms with Gasteiger partial charge in [0.1, 0.15) is 6.04 Å². The van der Waals surface area contributed by atoms with Gasteiger partial charge in [0.15, 0.2) is 0 Å². The quantitative estimate of drug-likeness (QED) is 0.703. The Morgan fingerprint density at radius 2 is 2.41 bits per heavy atom. The van der Waals surface area contributed by atoms with Crippen LogP contribution in [0.5, 0.6) is 0 Å². The van der Waals surface area contributed by atoms with Crippen LogP contribution in [0.2, 0.25) is 0 Å². The van der Waals surface area contributed by atoms with Gasteiger partial charge in [0.05, 0.1) is 12.7 Å². The molecule has 17 heavy (non-hydrogen) atoms. The molecule has 0 aromatic heterocycles. The van der Waals surface area contributed by atoms with Crippen molar-refractivity contribution in [3.63, 3.8) is 0 Å². The van der Waals surface area contributed by atoms with Gasteiger partial charge >= 0.3 is 5.97 Å². The molecule has 1 saturated heterocycles. The molecular weight excluding hydrogens is 238 g/mol. The van der Waals surface area contributed by atoms with E-state index in [2.05, 4.69) is 12.2 Å². The molecular formula is C12H23NO3S. The molecule has 1 fully saturated rings. The molecule has 100 valence electrons. The van der Waals surface area contributed by atoms with Crippen LogP contribution in [0.3, 0.4) is 0 Å². The first kappa shape index (κ1) is 14.8. The molecule has 3 unspecified atom stereocenters. The second-order valence-electron chi connectivity index (χ2n) is 4.16. The molecule has 5 heteroatoms. The maximum atomic E-state index is 11.5. The van der Waals surface area contributed by atoms with Gasteiger partial charge in [0.2, 0.25) is 0 Å². The molecule has 1 rings (SSSR count). The van der Waals surface area contributed by atoms with Crippen LogP contribution in [-0.2, 0) is 14.3 Å². The SMILES string of the molecule is CCOC(=O)C(CCSC1CCOC1C)NC. The Labute approximate surface area is 108 Å². The van der Waals surface area contributed by atoms with Crippen molar-refractivity contribution in [2.45, 2.75) is 44.1 Å². The summed E-state index contributed by atoms with van der Waals surface area (Å²) in [6.07, 6.45) is 2.27. The molecule has 1 N–H and O–H groups in total. The minimum Gasteiger partial charge on any atom is -0.465 e. The summed E-state index contributed by atoms with van der Waals surface area (Å²) in [7, 11) is 1.80. The zero-order valence-electron chi connectivity index (χ0n) is 10.9. The highest BCUT2D eigenvalue weighted by Gasteiger charge is 2.25. The highest BCUT2D eigenvalue weighted by Crippen LogP contribution is 2.26. The molecule has 0 aliphatic carbocycles. The number of hydrogen-bond donors (Lipinski definition) is 1. The lowest BCUT2D eigenvalue weighted by molar-refractivity contribution is -0.145. The van der Waals surface area contributed by atoms with Crippen LogP contribution in [0.15, 0.2) is 0 Å². The maximum Gasteiger partial charge on any atom is 0.323 e. The van der Waals surface area contributed by atoms with Gasteiger partial charge in [-0.1, -0.05) is 0 Å². The van der Waals surface area contributed by atoms with Crippen LogP contribution < -0.4 is 5.32 Å². The summed E-state index contributed by atoms with van der Waals surface area (Å²) in [5.41, 5.74) is 0. The summed E-state index contributed by atoms with van der Waals surface area (Å²) in [5, 5.41) is 3.58. The Bertz CT molecular complexity index is 238. The van der Waals surface area contributed by atoms with E-state index in [9.17, 15) is 4.79 Å². The number of ether oxygens (including phenoxy) is 2. The third-order valence-corrected chi connectivity index (χ3v) is 4.48. The van der Waals surface area contributed by atoms with Gasteiger partial charge in [0.25, 0.3) is 0 Å². The van der Waals surface area contributed by atoms with Gasteiger partial charge < -0.3 is 14.8 Å². The van der Waals surface area contributed by atoms with Crippen molar-refractivity contribution < 1.29 is 14.3 Å². The molecule has 0 spiro atoms. The first-order valence-corrected chi connectivity index (χ1v) is 7.31. The fraction of sp³-hybridized carbons (Fsp3) is 0.917. The smallest absolute Gasteiger partial charge is 0.323 e. The second kappa shape index (κ2) is 7.95. The van der Waals surface area contributed by atoms with E-state index in [0.29, 0.717) is 18.0 Å². The molecule has 0 bridgehead atoms. The van der Waals surface area contributed by atoms with E-state index >= 15 is 0 Å². The van der Waals surface area contributed by atoms with Crippen molar-refractivity contribution in [3.8, 4) is 0 Å². The fourth-order valence-electron chi connectivity index (χ4n) is 1.89. The van der Waals surface area contributed by atoms with Gasteiger partial charge in [-0.2, -0.15) is 11.8 Å². The van der Waals surface area contributed by atoms with Crippen LogP contribution in [-0.4, -0.2) is 49.4 Å². The molecule has 4 nitrogen and oxygen atoms in total. The Morgan fingerprint density at radius 1 is 1.65 bits per heavy atom. The zero-order valence-corrected chi connectivity index (χ0v) is 11.7. The Hall–Kier alpha value is -0.260. The molecule has 1 aliphatic rings. The molecule has 3 atom stereocenters. The minimum atomic E-state index is -0.180. The van der Waals surface area contributed by atoms with E-state index in [1.54, 1.807) is 7.05 Å². The number of hydrogen-bond acceptors (Lipinski definition) is 5. The summed E-state index contributed by atoms with van der Waals surface area (Å²) < 4.78 is 10.5. The Kier molecular flexibility index (Phi) is 6.92. The lowest BCUT2D eigenvalue weighted by Gasteiger charge is -2.17. The third-order valence-electron chi connectivity index (χ3n) is 2.96. The van der Waals surface area contributed by atoms with Crippen molar-refractivity contribution >= 4 is 17.7 Å². The summed E-state index contributed by atoms with van der Waals surface area (Å²) >= 11 is 1.90. The average molecular weight is 261 g/mol. The number of esters is 1. The van der Waals surface area contributed by atoms with E-state index in [4.69, 9.17) is 9.47 Å². The van der Waals surface area contributed by atoms with Crippen LogP contribution in [0, 0.1) is 0 Å². The molecule has 0 aromatic carbocycles. The summed E-state index contributed by atoms with van der Waals surface area (Å²) in [6.45, 7) is 5.26. The molecule has 0 radical (unpaired) electrons.